The number of aromatic hydroxyl groups is 2. The molecule has 130 valence electrons. The van der Waals surface area contributed by atoms with Crippen molar-refractivity contribution in [3.8, 4) is 22.6 Å². The molecule has 0 spiro atoms. The summed E-state index contributed by atoms with van der Waals surface area (Å²) in [5.74, 6) is -0.0357. The molecular weight excluding hydrogens is 425 g/mol. The van der Waals surface area contributed by atoms with Crippen molar-refractivity contribution >= 4 is 58.0 Å². The fourth-order valence-electron chi connectivity index (χ4n) is 1.93. The van der Waals surface area contributed by atoms with Gasteiger partial charge < -0.3 is 10.2 Å². The molecule has 25 heavy (non-hydrogen) atoms. The zero-order chi connectivity index (χ0) is 18.6. The van der Waals surface area contributed by atoms with Crippen molar-refractivity contribution in [3.63, 3.8) is 0 Å². The number of hydrogen-bond donors (Lipinski definition) is 2. The van der Waals surface area contributed by atoms with Gasteiger partial charge in [0.1, 0.15) is 15.8 Å². The monoisotopic (exact) mass is 434 g/mol. The zero-order valence-corrected chi connectivity index (χ0v) is 16.3. The van der Waals surface area contributed by atoms with Gasteiger partial charge in [-0.25, -0.2) is 0 Å². The summed E-state index contributed by atoms with van der Waals surface area (Å²) in [6, 6.07) is 17.2. The van der Waals surface area contributed by atoms with E-state index in [1.54, 1.807) is 6.07 Å². The van der Waals surface area contributed by atoms with Gasteiger partial charge in [0.25, 0.3) is 0 Å². The van der Waals surface area contributed by atoms with Crippen LogP contribution < -0.4 is 0 Å². The molecule has 0 aliphatic rings. The number of hydrogen-bond acceptors (Lipinski definition) is 2. The van der Waals surface area contributed by atoms with Crippen molar-refractivity contribution in [1.29, 1.82) is 0 Å². The highest BCUT2D eigenvalue weighted by atomic mass is 35.5. The first kappa shape index (κ1) is 20.0. The van der Waals surface area contributed by atoms with Crippen LogP contribution in [0, 0.1) is 0 Å². The van der Waals surface area contributed by atoms with E-state index in [1.165, 1.54) is 0 Å². The van der Waals surface area contributed by atoms with E-state index in [1.807, 2.05) is 48.5 Å². The lowest BCUT2D eigenvalue weighted by molar-refractivity contribution is 0.476. The maximum absolute atomic E-state index is 9.56. The number of phenolic OH excluding ortho intramolecular Hbond substituents is 2. The maximum atomic E-state index is 9.56. The van der Waals surface area contributed by atoms with Crippen LogP contribution >= 0.6 is 58.0 Å². The van der Waals surface area contributed by atoms with Crippen LogP contribution in [0.1, 0.15) is 0 Å². The van der Waals surface area contributed by atoms with Crippen LogP contribution in [0.2, 0.25) is 25.1 Å². The average molecular weight is 437 g/mol. The minimum absolute atomic E-state index is 0.00904. The van der Waals surface area contributed by atoms with Crippen molar-refractivity contribution in [2.45, 2.75) is 0 Å². The molecule has 2 nitrogen and oxygen atoms in total. The lowest BCUT2D eigenvalue weighted by Crippen LogP contribution is -1.78. The molecule has 0 heterocycles. The minimum Gasteiger partial charge on any atom is -0.507 e. The minimum atomic E-state index is -0.363. The third-order valence-corrected chi connectivity index (χ3v) is 5.43. The number of rotatable bonds is 1. The molecule has 0 aliphatic heterocycles. The summed E-state index contributed by atoms with van der Waals surface area (Å²) in [5, 5.41) is 18.6. The highest BCUT2D eigenvalue weighted by molar-refractivity contribution is 6.55. The molecule has 0 saturated carbocycles. The Hall–Kier alpha value is -1.29. The Kier molecular flexibility index (Phi) is 7.12. The van der Waals surface area contributed by atoms with Gasteiger partial charge in [0.15, 0.2) is 5.75 Å². The third-order valence-electron chi connectivity index (χ3n) is 3.18. The third kappa shape index (κ3) is 4.66. The van der Waals surface area contributed by atoms with E-state index < -0.39 is 0 Å². The summed E-state index contributed by atoms with van der Waals surface area (Å²) in [6.07, 6.45) is 0. The van der Waals surface area contributed by atoms with Gasteiger partial charge in [-0.2, -0.15) is 0 Å². The molecule has 0 atom stereocenters. The smallest absolute Gasteiger partial charge is 0.155 e. The van der Waals surface area contributed by atoms with Crippen LogP contribution in [0.15, 0.2) is 54.6 Å². The van der Waals surface area contributed by atoms with Crippen LogP contribution in [0.25, 0.3) is 11.1 Å². The quantitative estimate of drug-likeness (QED) is 0.303. The first-order valence-corrected chi connectivity index (χ1v) is 8.77. The first-order chi connectivity index (χ1) is 11.8. The van der Waals surface area contributed by atoms with E-state index in [2.05, 4.69) is 0 Å². The fraction of sp³-hybridized carbons (Fsp3) is 0. The molecule has 2 N–H and O–H groups in total. The van der Waals surface area contributed by atoms with Gasteiger partial charge in [0, 0.05) is 5.56 Å². The Bertz CT molecular complexity index is 777. The Morgan fingerprint density at radius 1 is 0.520 bits per heavy atom. The van der Waals surface area contributed by atoms with Crippen molar-refractivity contribution in [2.24, 2.45) is 0 Å². The summed E-state index contributed by atoms with van der Waals surface area (Å²) in [5.41, 5.74) is 1.92. The Morgan fingerprint density at radius 2 is 0.960 bits per heavy atom. The largest absolute Gasteiger partial charge is 0.507 e. The number of benzene rings is 3. The first-order valence-electron chi connectivity index (χ1n) is 6.88. The zero-order valence-electron chi connectivity index (χ0n) is 12.5. The topological polar surface area (TPSA) is 40.5 Å². The molecule has 0 aromatic heterocycles. The Morgan fingerprint density at radius 3 is 1.48 bits per heavy atom. The van der Waals surface area contributed by atoms with Gasteiger partial charge in [-0.15, -0.1) is 0 Å². The Balaban J connectivity index is 0.000000181. The van der Waals surface area contributed by atoms with Gasteiger partial charge >= 0.3 is 0 Å². The second-order valence-electron chi connectivity index (χ2n) is 4.80. The van der Waals surface area contributed by atoms with Crippen LogP contribution in [0.3, 0.4) is 0 Å². The molecule has 0 radical (unpaired) electrons. The molecule has 0 bridgehead atoms. The molecule has 3 aromatic rings. The summed E-state index contributed by atoms with van der Waals surface area (Å²) < 4.78 is 0. The van der Waals surface area contributed by atoms with Gasteiger partial charge in [0.2, 0.25) is 0 Å². The predicted octanol–water partition coefficient (Wildman–Crippen LogP) is 7.72. The molecule has 0 unspecified atom stereocenters. The molecule has 0 saturated heterocycles. The highest BCUT2D eigenvalue weighted by Crippen LogP contribution is 2.47. The van der Waals surface area contributed by atoms with E-state index in [0.717, 1.165) is 11.1 Å². The Labute approximate surface area is 170 Å². The summed E-state index contributed by atoms with van der Waals surface area (Å²) in [6.45, 7) is 0. The SMILES string of the molecule is Oc1c(Cl)c(Cl)c(Cl)c(Cl)c1Cl.Oc1ccccc1-c1ccccc1. The van der Waals surface area contributed by atoms with Crippen LogP contribution in [-0.4, -0.2) is 10.2 Å². The van der Waals surface area contributed by atoms with E-state index >= 15 is 0 Å². The summed E-state index contributed by atoms with van der Waals surface area (Å²) in [7, 11) is 0. The van der Waals surface area contributed by atoms with Crippen molar-refractivity contribution < 1.29 is 10.2 Å². The van der Waals surface area contributed by atoms with Crippen LogP contribution in [0.5, 0.6) is 11.5 Å². The fourth-order valence-corrected chi connectivity index (χ4v) is 3.06. The summed E-state index contributed by atoms with van der Waals surface area (Å²) >= 11 is 27.9. The van der Waals surface area contributed by atoms with Crippen LogP contribution in [0.4, 0.5) is 0 Å². The molecule has 3 rings (SSSR count). The number of phenols is 2. The van der Waals surface area contributed by atoms with Gasteiger partial charge in [-0.3, -0.25) is 0 Å². The predicted molar refractivity (Wildman–Crippen MR) is 107 cm³/mol. The number of halogens is 5. The van der Waals surface area contributed by atoms with Gasteiger partial charge in [-0.05, 0) is 11.6 Å². The van der Waals surface area contributed by atoms with Crippen LogP contribution in [-0.2, 0) is 0 Å². The van der Waals surface area contributed by atoms with E-state index in [0.29, 0.717) is 5.75 Å². The molecule has 3 aromatic carbocycles. The second-order valence-corrected chi connectivity index (χ2v) is 6.69. The van der Waals surface area contributed by atoms with E-state index in [-0.39, 0.29) is 30.9 Å². The normalized spacial score (nSPS) is 10.1. The molecule has 0 fully saturated rings. The average Bonchev–Trinajstić information content (AvgIpc) is 2.65. The highest BCUT2D eigenvalue weighted by Gasteiger charge is 2.18. The van der Waals surface area contributed by atoms with E-state index in [9.17, 15) is 10.2 Å². The van der Waals surface area contributed by atoms with Crippen molar-refractivity contribution in [1.82, 2.24) is 0 Å². The number of para-hydroxylation sites is 1. The molecule has 0 aliphatic carbocycles. The van der Waals surface area contributed by atoms with Gasteiger partial charge in [-0.1, -0.05) is 107 Å². The van der Waals surface area contributed by atoms with E-state index in [4.69, 9.17) is 58.0 Å². The maximum Gasteiger partial charge on any atom is 0.155 e. The molecule has 7 heteroatoms. The van der Waals surface area contributed by atoms with Gasteiger partial charge in [0.05, 0.1) is 15.1 Å². The summed E-state index contributed by atoms with van der Waals surface area (Å²) in [4.78, 5) is 0. The van der Waals surface area contributed by atoms with Crippen molar-refractivity contribution in [3.05, 3.63) is 79.7 Å². The standard InChI is InChI=1S/C12H10O.C6HCl5O/c13-12-9-5-4-8-11(12)10-6-2-1-3-7-10;7-1-2(8)4(10)6(12)5(11)3(1)9/h1-9,13H;12H. The lowest BCUT2D eigenvalue weighted by atomic mass is 10.1. The second kappa shape index (κ2) is 8.88. The lowest BCUT2D eigenvalue weighted by Gasteiger charge is -2.06. The molecule has 0 amide bonds. The molecular formula is C18H11Cl5O2. The van der Waals surface area contributed by atoms with Crippen molar-refractivity contribution in [2.75, 3.05) is 0 Å².